The lowest BCUT2D eigenvalue weighted by Gasteiger charge is -2.20. The monoisotopic (exact) mass is 278 g/mol. The molecule has 1 aromatic heterocycles. The van der Waals surface area contributed by atoms with Gasteiger partial charge in [-0.2, -0.15) is 5.26 Å². The molecule has 0 amide bonds. The number of rotatable bonds is 5. The van der Waals surface area contributed by atoms with Crippen LogP contribution in [0.15, 0.2) is 35.1 Å². The molecule has 20 heavy (non-hydrogen) atoms. The summed E-state index contributed by atoms with van der Waals surface area (Å²) in [5.74, 6) is -3.27. The fraction of sp³-hybridized carbons (Fsp3) is 0.286. The van der Waals surface area contributed by atoms with E-state index in [0.29, 0.717) is 0 Å². The van der Waals surface area contributed by atoms with E-state index in [1.54, 1.807) is 0 Å². The molecule has 4 nitrogen and oxygen atoms in total. The quantitative estimate of drug-likeness (QED) is 0.912. The Morgan fingerprint density at radius 3 is 2.55 bits per heavy atom. The van der Waals surface area contributed by atoms with E-state index in [2.05, 4.69) is 4.98 Å². The van der Waals surface area contributed by atoms with E-state index in [1.165, 1.54) is 18.5 Å². The van der Waals surface area contributed by atoms with Crippen LogP contribution in [0.25, 0.3) is 0 Å². The molecule has 0 aliphatic heterocycles. The summed E-state index contributed by atoms with van der Waals surface area (Å²) in [6.07, 6.45) is 2.67. The molecule has 1 heterocycles. The second-order valence-electron chi connectivity index (χ2n) is 4.23. The number of hydrogen-bond acceptors (Lipinski definition) is 4. The third kappa shape index (κ3) is 2.68. The summed E-state index contributed by atoms with van der Waals surface area (Å²) >= 11 is 0. The van der Waals surface area contributed by atoms with Crippen molar-refractivity contribution in [3.8, 4) is 6.07 Å². The van der Waals surface area contributed by atoms with Crippen molar-refractivity contribution in [2.24, 2.45) is 0 Å². The van der Waals surface area contributed by atoms with E-state index in [9.17, 15) is 14.0 Å². The number of aliphatic hydroxyl groups is 1. The van der Waals surface area contributed by atoms with Gasteiger partial charge in [-0.25, -0.2) is 13.8 Å². The van der Waals surface area contributed by atoms with Crippen LogP contribution in [0.4, 0.5) is 8.78 Å². The van der Waals surface area contributed by atoms with E-state index < -0.39 is 23.5 Å². The summed E-state index contributed by atoms with van der Waals surface area (Å²) in [6, 6.07) is 5.42. The molecule has 2 atom stereocenters. The van der Waals surface area contributed by atoms with Crippen molar-refractivity contribution in [1.29, 1.82) is 5.26 Å². The second kappa shape index (κ2) is 6.26. The van der Waals surface area contributed by atoms with Gasteiger partial charge in [0.05, 0.1) is 12.3 Å². The van der Waals surface area contributed by atoms with Crippen molar-refractivity contribution in [3.63, 3.8) is 0 Å². The molecule has 0 aliphatic rings. The molecule has 1 N–H and O–H groups in total. The Kier molecular flexibility index (Phi) is 4.43. The van der Waals surface area contributed by atoms with Gasteiger partial charge in [-0.3, -0.25) is 0 Å². The number of hydrogen-bond donors (Lipinski definition) is 1. The average molecular weight is 278 g/mol. The fourth-order valence-corrected chi connectivity index (χ4v) is 2.19. The third-order valence-corrected chi connectivity index (χ3v) is 3.07. The zero-order chi connectivity index (χ0) is 14.5. The number of benzene rings is 1. The third-order valence-electron chi connectivity index (χ3n) is 3.07. The first-order chi connectivity index (χ1) is 9.69. The smallest absolute Gasteiger partial charge is 0.211 e. The lowest BCUT2D eigenvalue weighted by molar-refractivity contribution is 0.264. The van der Waals surface area contributed by atoms with Crippen LogP contribution in [-0.4, -0.2) is 16.7 Å². The van der Waals surface area contributed by atoms with Crippen molar-refractivity contribution in [3.05, 3.63) is 53.7 Å². The molecule has 1 aromatic carbocycles. The van der Waals surface area contributed by atoms with Gasteiger partial charge < -0.3 is 9.52 Å². The van der Waals surface area contributed by atoms with Gasteiger partial charge in [0.1, 0.15) is 23.8 Å². The summed E-state index contributed by atoms with van der Waals surface area (Å²) < 4.78 is 32.8. The number of nitrogens with zero attached hydrogens (tertiary/aromatic N) is 2. The lowest BCUT2D eigenvalue weighted by atomic mass is 9.83. The molecule has 0 fully saturated rings. The van der Waals surface area contributed by atoms with Crippen LogP contribution in [-0.2, 0) is 0 Å². The first-order valence-corrected chi connectivity index (χ1v) is 6.02. The maximum absolute atomic E-state index is 13.9. The van der Waals surface area contributed by atoms with Gasteiger partial charge in [0.25, 0.3) is 0 Å². The van der Waals surface area contributed by atoms with Crippen LogP contribution in [0.5, 0.6) is 0 Å². The molecule has 0 spiro atoms. The summed E-state index contributed by atoms with van der Waals surface area (Å²) in [5.41, 5.74) is -0.230. The fourth-order valence-electron chi connectivity index (χ4n) is 2.19. The van der Waals surface area contributed by atoms with Gasteiger partial charge in [-0.05, 0) is 18.6 Å². The number of nitriles is 1. The standard InChI is InChI=1S/C14H12F2N2O2/c15-11-2-1-3-12(16)13(11)9(4-6-19)10(8-17)14-18-5-7-20-14/h1-3,5,7,9-10,19H,4,6H2/t9-,10-/m1/s1. The summed E-state index contributed by atoms with van der Waals surface area (Å²) in [6.45, 7) is -0.308. The van der Waals surface area contributed by atoms with Crippen molar-refractivity contribution in [1.82, 2.24) is 4.98 Å². The Bertz CT molecular complexity index is 588. The van der Waals surface area contributed by atoms with Crippen molar-refractivity contribution >= 4 is 0 Å². The van der Waals surface area contributed by atoms with E-state index in [1.807, 2.05) is 6.07 Å². The molecule has 6 heteroatoms. The minimum absolute atomic E-state index is 0.0263. The zero-order valence-electron chi connectivity index (χ0n) is 10.5. The summed E-state index contributed by atoms with van der Waals surface area (Å²) in [5, 5.41) is 18.4. The summed E-state index contributed by atoms with van der Waals surface area (Å²) in [7, 11) is 0. The highest BCUT2D eigenvalue weighted by Gasteiger charge is 2.32. The van der Waals surface area contributed by atoms with Gasteiger partial charge in [-0.15, -0.1) is 0 Å². The highest BCUT2D eigenvalue weighted by Crippen LogP contribution is 2.37. The second-order valence-corrected chi connectivity index (χ2v) is 4.23. The average Bonchev–Trinajstić information content (AvgIpc) is 2.93. The van der Waals surface area contributed by atoms with E-state index >= 15 is 0 Å². The summed E-state index contributed by atoms with van der Waals surface area (Å²) in [4.78, 5) is 3.86. The molecule has 104 valence electrons. The van der Waals surface area contributed by atoms with Crippen LogP contribution >= 0.6 is 0 Å². The maximum Gasteiger partial charge on any atom is 0.211 e. The Labute approximate surface area is 114 Å². The van der Waals surface area contributed by atoms with Gasteiger partial charge in [-0.1, -0.05) is 6.07 Å². The number of halogens is 2. The Morgan fingerprint density at radius 1 is 1.35 bits per heavy atom. The van der Waals surface area contributed by atoms with Crippen LogP contribution in [0.1, 0.15) is 29.7 Å². The first-order valence-electron chi connectivity index (χ1n) is 6.02. The van der Waals surface area contributed by atoms with Gasteiger partial charge in [0.2, 0.25) is 5.89 Å². The Morgan fingerprint density at radius 2 is 2.05 bits per heavy atom. The molecule has 2 rings (SSSR count). The molecular formula is C14H12F2N2O2. The van der Waals surface area contributed by atoms with E-state index in [4.69, 9.17) is 9.52 Å². The predicted molar refractivity (Wildman–Crippen MR) is 65.7 cm³/mol. The highest BCUT2D eigenvalue weighted by atomic mass is 19.1. The maximum atomic E-state index is 13.9. The molecule has 0 bridgehead atoms. The molecule has 0 saturated carbocycles. The molecule has 0 unspecified atom stereocenters. The minimum atomic E-state index is -0.969. The van der Waals surface area contributed by atoms with Gasteiger partial charge in [0, 0.05) is 18.1 Å². The van der Waals surface area contributed by atoms with Crippen molar-refractivity contribution in [2.75, 3.05) is 6.61 Å². The molecule has 0 saturated heterocycles. The van der Waals surface area contributed by atoms with Crippen LogP contribution in [0.3, 0.4) is 0 Å². The first kappa shape index (κ1) is 14.2. The van der Waals surface area contributed by atoms with Crippen LogP contribution < -0.4 is 0 Å². The topological polar surface area (TPSA) is 70.0 Å². The number of aliphatic hydroxyl groups excluding tert-OH is 1. The largest absolute Gasteiger partial charge is 0.448 e. The number of aromatic nitrogens is 1. The zero-order valence-corrected chi connectivity index (χ0v) is 10.5. The Hall–Kier alpha value is -2.26. The van der Waals surface area contributed by atoms with E-state index in [-0.39, 0.29) is 24.5 Å². The van der Waals surface area contributed by atoms with Crippen LogP contribution in [0.2, 0.25) is 0 Å². The molecular weight excluding hydrogens is 266 g/mol. The van der Waals surface area contributed by atoms with Gasteiger partial charge >= 0.3 is 0 Å². The Balaban J connectivity index is 2.48. The van der Waals surface area contributed by atoms with E-state index in [0.717, 1.165) is 12.1 Å². The minimum Gasteiger partial charge on any atom is -0.448 e. The van der Waals surface area contributed by atoms with Gasteiger partial charge in [0.15, 0.2) is 0 Å². The van der Waals surface area contributed by atoms with Crippen molar-refractivity contribution < 1.29 is 18.3 Å². The highest BCUT2D eigenvalue weighted by molar-refractivity contribution is 5.29. The van der Waals surface area contributed by atoms with Crippen LogP contribution in [0, 0.1) is 23.0 Å². The predicted octanol–water partition coefficient (Wildman–Crippen LogP) is 2.73. The van der Waals surface area contributed by atoms with Crippen molar-refractivity contribution in [2.45, 2.75) is 18.3 Å². The normalized spacial score (nSPS) is 13.7. The molecule has 0 radical (unpaired) electrons. The molecule has 0 aliphatic carbocycles. The lowest BCUT2D eigenvalue weighted by Crippen LogP contribution is -2.15. The SMILES string of the molecule is N#C[C@@H](c1ncco1)[C@@H](CCO)c1c(F)cccc1F. The number of oxazole rings is 1. The molecule has 2 aromatic rings.